The molecule has 2 amide bonds. The fourth-order valence-corrected chi connectivity index (χ4v) is 4.37. The average molecular weight is 431 g/mol. The van der Waals surface area contributed by atoms with Crippen molar-refractivity contribution in [3.05, 3.63) is 53.8 Å². The molecule has 3 aromatic rings. The van der Waals surface area contributed by atoms with Gasteiger partial charge in [0.1, 0.15) is 5.82 Å². The Labute approximate surface area is 177 Å². The van der Waals surface area contributed by atoms with E-state index in [1.54, 1.807) is 17.0 Å². The molecule has 4 rings (SSSR count). The van der Waals surface area contributed by atoms with Crippen LogP contribution in [0, 0.1) is 5.82 Å². The maximum absolute atomic E-state index is 14.5. The van der Waals surface area contributed by atoms with Gasteiger partial charge in [0.25, 0.3) is 0 Å². The van der Waals surface area contributed by atoms with E-state index >= 15 is 0 Å². The second kappa shape index (κ2) is 8.95. The summed E-state index contributed by atoms with van der Waals surface area (Å²) in [5.74, 6) is -0.370. The third-order valence-electron chi connectivity index (χ3n) is 5.11. The van der Waals surface area contributed by atoms with E-state index < -0.39 is 6.10 Å². The number of amides is 2. The molecule has 30 heavy (non-hydrogen) atoms. The summed E-state index contributed by atoms with van der Waals surface area (Å²) in [6.45, 7) is 1.62. The molecule has 0 saturated carbocycles. The summed E-state index contributed by atoms with van der Waals surface area (Å²) in [5.41, 5.74) is 1.96. The Bertz CT molecular complexity index is 1000. The minimum Gasteiger partial charge on any atom is -0.394 e. The third kappa shape index (κ3) is 4.53. The van der Waals surface area contributed by atoms with E-state index in [2.05, 4.69) is 10.3 Å². The molecule has 3 N–H and O–H groups in total. The number of benzene rings is 2. The SMILES string of the molecule is O=C(Nc1nc2ccccc2s1)N1CCN(c2ccc(CC(O)CO)cc2F)CC1. The van der Waals surface area contributed by atoms with Crippen molar-refractivity contribution in [3.8, 4) is 0 Å². The van der Waals surface area contributed by atoms with Gasteiger partial charge < -0.3 is 20.0 Å². The lowest BCUT2D eigenvalue weighted by Gasteiger charge is -2.36. The van der Waals surface area contributed by atoms with Gasteiger partial charge in [0, 0.05) is 32.6 Å². The number of nitrogens with one attached hydrogen (secondary N) is 1. The zero-order chi connectivity index (χ0) is 21.1. The maximum atomic E-state index is 14.5. The van der Waals surface area contributed by atoms with Crippen molar-refractivity contribution in [2.45, 2.75) is 12.5 Å². The van der Waals surface area contributed by atoms with E-state index in [-0.39, 0.29) is 24.9 Å². The fraction of sp³-hybridized carbons (Fsp3) is 0.333. The van der Waals surface area contributed by atoms with Crippen molar-refractivity contribution in [1.82, 2.24) is 9.88 Å². The predicted molar refractivity (Wildman–Crippen MR) is 116 cm³/mol. The van der Waals surface area contributed by atoms with Crippen molar-refractivity contribution in [2.75, 3.05) is 43.0 Å². The number of urea groups is 1. The van der Waals surface area contributed by atoms with Crippen LogP contribution in [0.2, 0.25) is 0 Å². The molecule has 0 aliphatic carbocycles. The highest BCUT2D eigenvalue weighted by Gasteiger charge is 2.23. The molecule has 158 valence electrons. The van der Waals surface area contributed by atoms with Crippen LogP contribution in [0.4, 0.5) is 20.0 Å². The van der Waals surface area contributed by atoms with Gasteiger partial charge in [-0.3, -0.25) is 5.32 Å². The Morgan fingerprint density at radius 3 is 2.67 bits per heavy atom. The van der Waals surface area contributed by atoms with Gasteiger partial charge in [0.2, 0.25) is 0 Å². The number of aliphatic hydroxyl groups is 2. The quantitative estimate of drug-likeness (QED) is 0.579. The molecule has 7 nitrogen and oxygen atoms in total. The summed E-state index contributed by atoms with van der Waals surface area (Å²) in [4.78, 5) is 20.6. The van der Waals surface area contributed by atoms with Crippen molar-refractivity contribution < 1.29 is 19.4 Å². The number of thiazole rings is 1. The smallest absolute Gasteiger partial charge is 0.323 e. The van der Waals surface area contributed by atoms with E-state index in [0.29, 0.717) is 42.6 Å². The Kier molecular flexibility index (Phi) is 6.12. The fourth-order valence-electron chi connectivity index (χ4n) is 3.52. The van der Waals surface area contributed by atoms with Gasteiger partial charge >= 0.3 is 6.03 Å². The number of halogens is 1. The van der Waals surface area contributed by atoms with Crippen LogP contribution in [0.15, 0.2) is 42.5 Å². The van der Waals surface area contributed by atoms with E-state index in [1.807, 2.05) is 29.2 Å². The van der Waals surface area contributed by atoms with Gasteiger partial charge in [-0.25, -0.2) is 14.2 Å². The molecule has 1 fully saturated rings. The number of aromatic nitrogens is 1. The third-order valence-corrected chi connectivity index (χ3v) is 6.06. The first kappa shape index (κ1) is 20.5. The number of anilines is 2. The molecule has 0 spiro atoms. The first-order valence-electron chi connectivity index (χ1n) is 9.77. The number of fused-ring (bicyclic) bond motifs is 1. The zero-order valence-electron chi connectivity index (χ0n) is 16.3. The zero-order valence-corrected chi connectivity index (χ0v) is 17.1. The topological polar surface area (TPSA) is 88.9 Å². The van der Waals surface area contributed by atoms with Crippen LogP contribution in [0.5, 0.6) is 0 Å². The summed E-state index contributed by atoms with van der Waals surface area (Å²) in [6, 6.07) is 12.3. The first-order chi connectivity index (χ1) is 14.5. The number of hydrogen-bond donors (Lipinski definition) is 3. The number of rotatable bonds is 5. The van der Waals surface area contributed by atoms with Gasteiger partial charge in [0.05, 0.1) is 28.6 Å². The minimum absolute atomic E-state index is 0.202. The van der Waals surface area contributed by atoms with Crippen molar-refractivity contribution in [3.63, 3.8) is 0 Å². The Balaban J connectivity index is 1.34. The van der Waals surface area contributed by atoms with Gasteiger partial charge in [-0.1, -0.05) is 29.5 Å². The van der Waals surface area contributed by atoms with Crippen molar-refractivity contribution in [1.29, 1.82) is 0 Å². The molecular weight excluding hydrogens is 407 g/mol. The predicted octanol–water partition coefficient (Wildman–Crippen LogP) is 2.69. The van der Waals surface area contributed by atoms with Gasteiger partial charge in [0.15, 0.2) is 5.13 Å². The minimum atomic E-state index is -0.896. The number of aliphatic hydroxyl groups excluding tert-OH is 2. The number of para-hydroxylation sites is 1. The molecule has 1 saturated heterocycles. The van der Waals surface area contributed by atoms with E-state index in [0.717, 1.165) is 10.2 Å². The monoisotopic (exact) mass is 430 g/mol. The van der Waals surface area contributed by atoms with E-state index in [1.165, 1.54) is 17.4 Å². The Morgan fingerprint density at radius 1 is 1.20 bits per heavy atom. The number of hydrogen-bond acceptors (Lipinski definition) is 6. The highest BCUT2D eigenvalue weighted by molar-refractivity contribution is 7.22. The highest BCUT2D eigenvalue weighted by Crippen LogP contribution is 2.26. The van der Waals surface area contributed by atoms with Gasteiger partial charge in [-0.05, 0) is 29.8 Å². The maximum Gasteiger partial charge on any atom is 0.323 e. The van der Waals surface area contributed by atoms with E-state index in [9.17, 15) is 14.3 Å². The van der Waals surface area contributed by atoms with Crippen molar-refractivity contribution >= 4 is 38.4 Å². The molecule has 1 aromatic heterocycles. The summed E-state index contributed by atoms with van der Waals surface area (Å²) in [6.07, 6.45) is -0.694. The van der Waals surface area contributed by atoms with Crippen LogP contribution < -0.4 is 10.2 Å². The molecule has 0 radical (unpaired) electrons. The van der Waals surface area contributed by atoms with Crippen LogP contribution in [0.25, 0.3) is 10.2 Å². The van der Waals surface area contributed by atoms with Gasteiger partial charge in [-0.15, -0.1) is 0 Å². The van der Waals surface area contributed by atoms with Crippen LogP contribution in [-0.2, 0) is 6.42 Å². The summed E-state index contributed by atoms with van der Waals surface area (Å²) in [5, 5.41) is 21.9. The summed E-state index contributed by atoms with van der Waals surface area (Å²) >= 11 is 1.43. The van der Waals surface area contributed by atoms with Crippen LogP contribution in [0.1, 0.15) is 5.56 Å². The van der Waals surface area contributed by atoms with Gasteiger partial charge in [-0.2, -0.15) is 0 Å². The molecule has 9 heteroatoms. The molecule has 1 atom stereocenters. The first-order valence-corrected chi connectivity index (χ1v) is 10.6. The molecular formula is C21H23FN4O3S. The number of piperazine rings is 1. The summed E-state index contributed by atoms with van der Waals surface area (Å²) < 4.78 is 15.6. The number of carbonyl (C=O) groups is 1. The molecule has 1 unspecified atom stereocenters. The summed E-state index contributed by atoms with van der Waals surface area (Å²) in [7, 11) is 0. The lowest BCUT2D eigenvalue weighted by atomic mass is 10.1. The molecule has 1 aliphatic rings. The standard InChI is InChI=1S/C21H23FN4O3S/c22-16-12-14(11-15(28)13-27)5-6-18(16)25-7-9-26(10-8-25)21(29)24-20-23-17-3-1-2-4-19(17)30-20/h1-6,12,15,27-28H,7-11,13H2,(H,23,24,29). The molecule has 1 aliphatic heterocycles. The van der Waals surface area contributed by atoms with E-state index in [4.69, 9.17) is 5.11 Å². The largest absolute Gasteiger partial charge is 0.394 e. The average Bonchev–Trinajstić information content (AvgIpc) is 3.16. The number of nitrogens with zero attached hydrogens (tertiary/aromatic N) is 3. The lowest BCUT2D eigenvalue weighted by Crippen LogP contribution is -2.50. The second-order valence-electron chi connectivity index (χ2n) is 7.22. The van der Waals surface area contributed by atoms with Crippen LogP contribution in [0.3, 0.4) is 0 Å². The Hall–Kier alpha value is -2.75. The Morgan fingerprint density at radius 2 is 1.97 bits per heavy atom. The second-order valence-corrected chi connectivity index (χ2v) is 8.25. The van der Waals surface area contributed by atoms with Crippen molar-refractivity contribution in [2.24, 2.45) is 0 Å². The lowest BCUT2D eigenvalue weighted by molar-refractivity contribution is 0.0954. The van der Waals surface area contributed by atoms with Crippen LogP contribution >= 0.6 is 11.3 Å². The normalized spacial score (nSPS) is 15.4. The van der Waals surface area contributed by atoms with Crippen LogP contribution in [-0.4, -0.2) is 65.0 Å². The highest BCUT2D eigenvalue weighted by atomic mass is 32.1. The molecule has 2 aromatic carbocycles. The molecule has 2 heterocycles. The molecule has 0 bridgehead atoms. The number of carbonyl (C=O) groups excluding carboxylic acids is 1.